The molecule has 2 heterocycles. The van der Waals surface area contributed by atoms with Crippen LogP contribution in [0.3, 0.4) is 0 Å². The van der Waals surface area contributed by atoms with E-state index in [1.54, 1.807) is 18.2 Å². The summed E-state index contributed by atoms with van der Waals surface area (Å²) in [7, 11) is 0. The predicted octanol–water partition coefficient (Wildman–Crippen LogP) is 3.99. The van der Waals surface area contributed by atoms with Crippen LogP contribution in [0.4, 0.5) is 0 Å². The molecule has 1 aromatic heterocycles. The molecule has 0 aromatic carbocycles. The van der Waals surface area contributed by atoms with Crippen molar-refractivity contribution < 1.29 is 37.8 Å². The third kappa shape index (κ3) is 2.99. The third-order valence-electron chi connectivity index (χ3n) is 10.3. The van der Waals surface area contributed by atoms with Gasteiger partial charge < -0.3 is 18.6 Å². The Morgan fingerprint density at radius 1 is 1.19 bits per heavy atom. The lowest BCUT2D eigenvalue weighted by Gasteiger charge is -2.56. The van der Waals surface area contributed by atoms with Crippen molar-refractivity contribution in [2.75, 3.05) is 6.61 Å². The molecule has 1 aliphatic heterocycles. The van der Waals surface area contributed by atoms with E-state index in [1.165, 1.54) is 19.3 Å². The molecular weight excluding hydrogens is 476 g/mol. The summed E-state index contributed by atoms with van der Waals surface area (Å²) in [5, 5.41) is 0. The molecule has 6 rings (SSSR count). The summed E-state index contributed by atoms with van der Waals surface area (Å²) in [6.07, 6.45) is 9.41. The van der Waals surface area contributed by atoms with Crippen molar-refractivity contribution in [3.8, 4) is 0 Å². The number of carbonyl (C=O) groups is 4. The fourth-order valence-electron chi connectivity index (χ4n) is 8.70. The highest BCUT2D eigenvalue weighted by molar-refractivity contribution is 6.01. The maximum Gasteiger partial charge on any atom is 0.375 e. The normalized spacial score (nSPS) is 43.0. The number of epoxide rings is 1. The Morgan fingerprint density at radius 3 is 2.68 bits per heavy atom. The fourth-order valence-corrected chi connectivity index (χ4v) is 8.70. The Kier molecular flexibility index (Phi) is 5.10. The van der Waals surface area contributed by atoms with Gasteiger partial charge in [-0.25, -0.2) is 4.79 Å². The lowest BCUT2D eigenvalue weighted by atomic mass is 9.46. The molecule has 1 aromatic rings. The van der Waals surface area contributed by atoms with Crippen molar-refractivity contribution in [3.63, 3.8) is 0 Å². The molecule has 37 heavy (non-hydrogen) atoms. The van der Waals surface area contributed by atoms with Crippen molar-refractivity contribution in [2.24, 2.45) is 28.6 Å². The van der Waals surface area contributed by atoms with E-state index in [-0.39, 0.29) is 35.4 Å². The van der Waals surface area contributed by atoms with Gasteiger partial charge in [-0.05, 0) is 68.7 Å². The van der Waals surface area contributed by atoms with Crippen LogP contribution in [-0.4, -0.2) is 47.4 Å². The van der Waals surface area contributed by atoms with Gasteiger partial charge in [0.1, 0.15) is 5.60 Å². The monoisotopic (exact) mass is 508 g/mol. The first kappa shape index (κ1) is 24.3. The number of furan rings is 1. The van der Waals surface area contributed by atoms with Gasteiger partial charge in [-0.2, -0.15) is 0 Å². The molecule has 0 amide bonds. The van der Waals surface area contributed by atoms with E-state index < -0.39 is 46.4 Å². The first-order valence-electron chi connectivity index (χ1n) is 13.0. The Balaban J connectivity index is 1.42. The Bertz CT molecular complexity index is 1260. The summed E-state index contributed by atoms with van der Waals surface area (Å²) in [5.74, 6) is -1.84. The molecular formula is C29H32O8. The van der Waals surface area contributed by atoms with Crippen LogP contribution in [0.2, 0.25) is 0 Å². The van der Waals surface area contributed by atoms with Crippen molar-refractivity contribution in [1.29, 1.82) is 0 Å². The van der Waals surface area contributed by atoms with Crippen LogP contribution >= 0.6 is 0 Å². The van der Waals surface area contributed by atoms with Crippen molar-refractivity contribution >= 4 is 23.5 Å². The first-order chi connectivity index (χ1) is 17.5. The molecule has 3 saturated carbocycles. The van der Waals surface area contributed by atoms with E-state index in [9.17, 15) is 19.2 Å². The average Bonchev–Trinajstić information content (AvgIpc) is 3.21. The molecule has 4 fully saturated rings. The van der Waals surface area contributed by atoms with E-state index in [0.29, 0.717) is 12.8 Å². The largest absolute Gasteiger partial charge is 0.458 e. The van der Waals surface area contributed by atoms with Crippen LogP contribution in [0.5, 0.6) is 0 Å². The molecule has 8 unspecified atom stereocenters. The summed E-state index contributed by atoms with van der Waals surface area (Å²) < 4.78 is 23.3. The van der Waals surface area contributed by atoms with Gasteiger partial charge in [0.15, 0.2) is 18.0 Å². The predicted molar refractivity (Wildman–Crippen MR) is 129 cm³/mol. The third-order valence-corrected chi connectivity index (χ3v) is 10.3. The second-order valence-electron chi connectivity index (χ2n) is 11.8. The minimum Gasteiger partial charge on any atom is -0.458 e. The minimum atomic E-state index is -1.51. The van der Waals surface area contributed by atoms with Gasteiger partial charge in [0.25, 0.3) is 0 Å². The average molecular weight is 509 g/mol. The summed E-state index contributed by atoms with van der Waals surface area (Å²) in [5.41, 5.74) is -1.98. The Hall–Kier alpha value is -3.00. The highest BCUT2D eigenvalue weighted by Gasteiger charge is 2.83. The maximum absolute atomic E-state index is 14.0. The van der Waals surface area contributed by atoms with Crippen LogP contribution < -0.4 is 0 Å². The molecule has 0 N–H and O–H groups in total. The number of carbonyl (C=O) groups excluding carboxylic acids is 4. The van der Waals surface area contributed by atoms with E-state index in [0.717, 1.165) is 18.4 Å². The van der Waals surface area contributed by atoms with Gasteiger partial charge in [-0.3, -0.25) is 14.4 Å². The lowest BCUT2D eigenvalue weighted by molar-refractivity contribution is -0.172. The number of ketones is 2. The van der Waals surface area contributed by atoms with Crippen molar-refractivity contribution in [2.45, 2.75) is 70.7 Å². The van der Waals surface area contributed by atoms with Gasteiger partial charge in [0.05, 0.1) is 12.4 Å². The van der Waals surface area contributed by atoms with Gasteiger partial charge in [-0.15, -0.1) is 0 Å². The van der Waals surface area contributed by atoms with Crippen LogP contribution in [0, 0.1) is 28.6 Å². The highest BCUT2D eigenvalue weighted by Crippen LogP contribution is 2.77. The number of allylic oxidation sites excluding steroid dienone is 2. The quantitative estimate of drug-likeness (QED) is 0.433. The molecule has 4 aliphatic carbocycles. The zero-order chi connectivity index (χ0) is 26.4. The lowest BCUT2D eigenvalue weighted by Crippen LogP contribution is -2.63. The van der Waals surface area contributed by atoms with E-state index in [1.807, 2.05) is 19.9 Å². The molecule has 1 spiro atoms. The summed E-state index contributed by atoms with van der Waals surface area (Å²) in [6.45, 7) is 6.91. The number of hydrogen-bond donors (Lipinski definition) is 0. The van der Waals surface area contributed by atoms with Crippen molar-refractivity contribution in [3.05, 3.63) is 48.0 Å². The summed E-state index contributed by atoms with van der Waals surface area (Å²) >= 11 is 0. The van der Waals surface area contributed by atoms with E-state index in [4.69, 9.17) is 18.6 Å². The zero-order valence-electron chi connectivity index (χ0n) is 21.6. The zero-order valence-corrected chi connectivity index (χ0v) is 21.6. The number of esters is 2. The van der Waals surface area contributed by atoms with Gasteiger partial charge in [0.2, 0.25) is 11.5 Å². The van der Waals surface area contributed by atoms with Gasteiger partial charge in [-0.1, -0.05) is 25.5 Å². The van der Waals surface area contributed by atoms with Crippen LogP contribution in [-0.2, 0) is 28.6 Å². The highest BCUT2D eigenvalue weighted by atomic mass is 16.6. The topological polar surface area (TPSA) is 112 Å². The molecule has 0 radical (unpaired) electrons. The second-order valence-corrected chi connectivity index (χ2v) is 11.8. The van der Waals surface area contributed by atoms with Crippen LogP contribution in [0.1, 0.15) is 63.9 Å². The minimum absolute atomic E-state index is 0.00887. The van der Waals surface area contributed by atoms with Crippen LogP contribution in [0.25, 0.3) is 0 Å². The van der Waals surface area contributed by atoms with Crippen molar-refractivity contribution in [1.82, 2.24) is 0 Å². The molecule has 5 aliphatic rings. The fraction of sp³-hybridized carbons (Fsp3) is 0.586. The van der Waals surface area contributed by atoms with E-state index >= 15 is 0 Å². The van der Waals surface area contributed by atoms with Gasteiger partial charge >= 0.3 is 11.9 Å². The Labute approximate surface area is 215 Å². The SMILES string of the molecule is CC(=O)OCC(=O)C1(OC(=O)c2ccco2)C(C)CC2C3CCC4=CC(=O)C=CC4(C)C34OC4CC21C. The molecule has 8 nitrogen and oxygen atoms in total. The molecule has 0 bridgehead atoms. The first-order valence-corrected chi connectivity index (χ1v) is 13.0. The second kappa shape index (κ2) is 7.76. The molecule has 8 atom stereocenters. The maximum atomic E-state index is 14.0. The molecule has 8 heteroatoms. The van der Waals surface area contributed by atoms with Gasteiger partial charge in [0, 0.05) is 23.7 Å². The Morgan fingerprint density at radius 2 is 1.97 bits per heavy atom. The molecule has 1 saturated heterocycles. The number of Topliss-reactive ketones (excluding diaryl/α,β-unsaturated/α-hetero) is 1. The number of fused-ring (bicyclic) bond motifs is 3. The summed E-state index contributed by atoms with van der Waals surface area (Å²) in [6, 6.07) is 3.10. The van der Waals surface area contributed by atoms with E-state index in [2.05, 4.69) is 6.92 Å². The standard InChI is InChI=1S/C29H32O8/c1-16-12-21-20-8-7-18-13-19(31)9-10-26(18,3)29(20)24(36-29)14-27(21,4)28(16,23(32)15-35-17(2)30)37-25(33)22-6-5-11-34-22/h5-6,9-11,13,16,20-21,24H,7-8,12,14-15H2,1-4H3. The smallest absolute Gasteiger partial charge is 0.375 e. The number of rotatable bonds is 5. The summed E-state index contributed by atoms with van der Waals surface area (Å²) in [4.78, 5) is 51.0. The number of hydrogen-bond acceptors (Lipinski definition) is 8. The van der Waals surface area contributed by atoms with Crippen LogP contribution in [0.15, 0.2) is 46.6 Å². The molecule has 196 valence electrons. The number of ether oxygens (including phenoxy) is 3.